The topological polar surface area (TPSA) is 66.7 Å². The zero-order valence-electron chi connectivity index (χ0n) is 22.8. The van der Waals surface area contributed by atoms with Gasteiger partial charge in [-0.15, -0.1) is 0 Å². The van der Waals surface area contributed by atoms with Crippen molar-refractivity contribution in [3.8, 4) is 0 Å². The van der Waals surface area contributed by atoms with Gasteiger partial charge in [0.25, 0.3) is 11.5 Å². The first-order valence-corrected chi connectivity index (χ1v) is 15.1. The molecule has 1 N–H and O–H groups in total. The minimum absolute atomic E-state index is 0.116. The number of thiocarbonyl (C=S) groups is 1. The number of pyridine rings is 1. The van der Waals surface area contributed by atoms with Gasteiger partial charge in [0.2, 0.25) is 0 Å². The molecular weight excluding hydrogens is 500 g/mol. The number of nitrogens with zero attached hydrogens (tertiary/aromatic N) is 3. The summed E-state index contributed by atoms with van der Waals surface area (Å²) >= 11 is 6.81. The van der Waals surface area contributed by atoms with Gasteiger partial charge in [0.1, 0.15) is 15.8 Å². The number of anilines is 1. The molecule has 0 atom stereocenters. The lowest BCUT2D eigenvalue weighted by Crippen LogP contribution is -2.29. The highest BCUT2D eigenvalue weighted by Crippen LogP contribution is 2.33. The first-order chi connectivity index (χ1) is 17.8. The second kappa shape index (κ2) is 14.7. The van der Waals surface area contributed by atoms with Crippen molar-refractivity contribution in [1.29, 1.82) is 0 Å². The molecule has 0 aliphatic carbocycles. The molecule has 0 unspecified atom stereocenters. The molecule has 3 rings (SSSR count). The van der Waals surface area contributed by atoms with Crippen LogP contribution < -0.4 is 10.9 Å². The molecule has 8 heteroatoms. The summed E-state index contributed by atoms with van der Waals surface area (Å²) in [5.41, 5.74) is 1.73. The van der Waals surface area contributed by atoms with Gasteiger partial charge in [-0.3, -0.25) is 18.9 Å². The second-order valence-corrected chi connectivity index (χ2v) is 12.0. The standard InChI is InChI=1S/C29H42N4O2S2/c1-5-6-7-8-9-10-11-12-13-14-17-33-28(35)24(37-29(33)36)19-23-25(30-20-21(2)3)31-26-22(4)16-15-18-32(26)27(23)34/h15-16,18-19,21,30H,5-14,17,20H2,1-4H3/b24-19+. The Morgan fingerprint density at radius 1 is 1.05 bits per heavy atom. The van der Waals surface area contributed by atoms with Gasteiger partial charge in [-0.2, -0.15) is 0 Å². The molecule has 37 heavy (non-hydrogen) atoms. The number of fused-ring (bicyclic) bond motifs is 1. The molecule has 2 aromatic rings. The molecule has 1 amide bonds. The molecule has 3 heterocycles. The fourth-order valence-electron chi connectivity index (χ4n) is 4.46. The lowest BCUT2D eigenvalue weighted by molar-refractivity contribution is -0.122. The lowest BCUT2D eigenvalue weighted by atomic mass is 10.1. The number of rotatable bonds is 15. The van der Waals surface area contributed by atoms with Crippen LogP contribution in [0.15, 0.2) is 28.0 Å². The fraction of sp³-hybridized carbons (Fsp3) is 0.586. The van der Waals surface area contributed by atoms with E-state index >= 15 is 0 Å². The lowest BCUT2D eigenvalue weighted by Gasteiger charge is -2.14. The van der Waals surface area contributed by atoms with Crippen molar-refractivity contribution in [2.24, 2.45) is 5.92 Å². The van der Waals surface area contributed by atoms with Crippen molar-refractivity contribution in [2.45, 2.75) is 91.9 Å². The number of unbranched alkanes of at least 4 members (excludes halogenated alkanes) is 9. The predicted molar refractivity (Wildman–Crippen MR) is 161 cm³/mol. The van der Waals surface area contributed by atoms with Gasteiger partial charge in [-0.05, 0) is 37.0 Å². The van der Waals surface area contributed by atoms with E-state index in [0.717, 1.165) is 18.4 Å². The van der Waals surface area contributed by atoms with E-state index in [2.05, 4.69) is 26.1 Å². The zero-order chi connectivity index (χ0) is 26.8. The Bertz CT molecular complexity index is 1170. The number of aromatic nitrogens is 2. The molecule has 0 spiro atoms. The normalized spacial score (nSPS) is 15.1. The molecule has 1 saturated heterocycles. The molecule has 202 valence electrons. The smallest absolute Gasteiger partial charge is 0.267 e. The van der Waals surface area contributed by atoms with E-state index in [1.807, 2.05) is 19.1 Å². The maximum absolute atomic E-state index is 13.4. The Morgan fingerprint density at radius 2 is 1.70 bits per heavy atom. The van der Waals surface area contributed by atoms with Crippen LogP contribution in [0.1, 0.15) is 96.1 Å². The molecule has 0 bridgehead atoms. The Balaban J connectivity index is 1.66. The first kappa shape index (κ1) is 29.4. The number of amides is 1. The molecular formula is C29H42N4O2S2. The third kappa shape index (κ3) is 8.14. The Kier molecular flexibility index (Phi) is 11.6. The van der Waals surface area contributed by atoms with Crippen molar-refractivity contribution in [1.82, 2.24) is 14.3 Å². The van der Waals surface area contributed by atoms with Crippen molar-refractivity contribution in [2.75, 3.05) is 18.4 Å². The van der Waals surface area contributed by atoms with E-state index in [1.165, 1.54) is 63.1 Å². The molecule has 0 radical (unpaired) electrons. The van der Waals surface area contributed by atoms with E-state index in [0.29, 0.717) is 45.3 Å². The molecule has 6 nitrogen and oxygen atoms in total. The number of hydrogen-bond acceptors (Lipinski definition) is 6. The summed E-state index contributed by atoms with van der Waals surface area (Å²) in [6.45, 7) is 9.69. The summed E-state index contributed by atoms with van der Waals surface area (Å²) in [4.78, 5) is 33.6. The SMILES string of the molecule is CCCCCCCCCCCCN1C(=O)/C(=C\c2c(NCC(C)C)nc3c(C)cccn3c2=O)SC1=S. The maximum Gasteiger partial charge on any atom is 0.267 e. The minimum atomic E-state index is -0.195. The fourth-order valence-corrected chi connectivity index (χ4v) is 5.75. The summed E-state index contributed by atoms with van der Waals surface area (Å²) in [7, 11) is 0. The monoisotopic (exact) mass is 542 g/mol. The third-order valence-electron chi connectivity index (χ3n) is 6.65. The predicted octanol–water partition coefficient (Wildman–Crippen LogP) is 7.19. The summed E-state index contributed by atoms with van der Waals surface area (Å²) in [6.07, 6.45) is 15.9. The Morgan fingerprint density at radius 3 is 2.35 bits per heavy atom. The Hall–Kier alpha value is -2.19. The van der Waals surface area contributed by atoms with E-state index in [1.54, 1.807) is 21.6 Å². The van der Waals surface area contributed by atoms with Crippen LogP contribution in [-0.2, 0) is 4.79 Å². The highest BCUT2D eigenvalue weighted by molar-refractivity contribution is 8.26. The molecule has 1 fully saturated rings. The summed E-state index contributed by atoms with van der Waals surface area (Å²) < 4.78 is 2.11. The molecule has 0 saturated carbocycles. The van der Waals surface area contributed by atoms with Gasteiger partial charge in [-0.25, -0.2) is 4.98 Å². The van der Waals surface area contributed by atoms with Gasteiger partial charge >= 0.3 is 0 Å². The molecule has 1 aliphatic heterocycles. The highest BCUT2D eigenvalue weighted by atomic mass is 32.2. The number of aryl methyl sites for hydroxylation is 1. The van der Waals surface area contributed by atoms with Crippen LogP contribution in [0.25, 0.3) is 11.7 Å². The van der Waals surface area contributed by atoms with Crippen LogP contribution in [0.3, 0.4) is 0 Å². The average Bonchev–Trinajstić information content (AvgIpc) is 3.13. The zero-order valence-corrected chi connectivity index (χ0v) is 24.5. The van der Waals surface area contributed by atoms with Crippen molar-refractivity contribution in [3.05, 3.63) is 44.7 Å². The highest BCUT2D eigenvalue weighted by Gasteiger charge is 2.32. The van der Waals surface area contributed by atoms with Crippen molar-refractivity contribution >= 4 is 51.7 Å². The van der Waals surface area contributed by atoms with Gasteiger partial charge in [0.05, 0.1) is 10.5 Å². The molecule has 1 aliphatic rings. The minimum Gasteiger partial charge on any atom is -0.369 e. The van der Waals surface area contributed by atoms with Crippen LogP contribution in [-0.4, -0.2) is 37.6 Å². The van der Waals surface area contributed by atoms with Crippen LogP contribution >= 0.6 is 24.0 Å². The Labute approximate surface area is 231 Å². The average molecular weight is 543 g/mol. The number of nitrogens with one attached hydrogen (secondary N) is 1. The van der Waals surface area contributed by atoms with Crippen LogP contribution in [0.5, 0.6) is 0 Å². The van der Waals surface area contributed by atoms with E-state index in [9.17, 15) is 9.59 Å². The summed E-state index contributed by atoms with van der Waals surface area (Å²) in [6, 6.07) is 3.77. The van der Waals surface area contributed by atoms with Crippen LogP contribution in [0.2, 0.25) is 0 Å². The third-order valence-corrected chi connectivity index (χ3v) is 8.02. The number of hydrogen-bond donors (Lipinski definition) is 1. The van der Waals surface area contributed by atoms with Crippen LogP contribution in [0.4, 0.5) is 5.82 Å². The van der Waals surface area contributed by atoms with Gasteiger partial charge in [-0.1, -0.05) is 109 Å². The first-order valence-electron chi connectivity index (χ1n) is 13.8. The number of thioether (sulfide) groups is 1. The van der Waals surface area contributed by atoms with Crippen molar-refractivity contribution in [3.63, 3.8) is 0 Å². The van der Waals surface area contributed by atoms with E-state index in [4.69, 9.17) is 17.2 Å². The largest absolute Gasteiger partial charge is 0.369 e. The van der Waals surface area contributed by atoms with Gasteiger partial charge in [0, 0.05) is 19.3 Å². The summed E-state index contributed by atoms with van der Waals surface area (Å²) in [5, 5.41) is 3.32. The van der Waals surface area contributed by atoms with E-state index < -0.39 is 0 Å². The molecule has 2 aromatic heterocycles. The van der Waals surface area contributed by atoms with Gasteiger partial charge < -0.3 is 5.32 Å². The van der Waals surface area contributed by atoms with Gasteiger partial charge in [0.15, 0.2) is 0 Å². The maximum atomic E-state index is 13.4. The van der Waals surface area contributed by atoms with Crippen LogP contribution in [0, 0.1) is 12.8 Å². The van der Waals surface area contributed by atoms with Crippen molar-refractivity contribution < 1.29 is 4.79 Å². The van der Waals surface area contributed by atoms with E-state index in [-0.39, 0.29) is 11.5 Å². The number of carbonyl (C=O) groups is 1. The second-order valence-electron chi connectivity index (χ2n) is 10.4. The quantitative estimate of drug-likeness (QED) is 0.146. The summed E-state index contributed by atoms with van der Waals surface area (Å²) in [5.74, 6) is 0.770. The number of carbonyl (C=O) groups excluding carboxylic acids is 1. The molecule has 0 aromatic carbocycles.